The zero-order valence-electron chi connectivity index (χ0n) is 10.4. The first-order valence-electron chi connectivity index (χ1n) is 5.81. The van der Waals surface area contributed by atoms with Crippen LogP contribution in [0.4, 0.5) is 0 Å². The lowest BCUT2D eigenvalue weighted by atomic mass is 10.2. The van der Waals surface area contributed by atoms with Gasteiger partial charge < -0.3 is 5.32 Å². The fourth-order valence-electron chi connectivity index (χ4n) is 1.44. The Morgan fingerprint density at radius 2 is 2.25 bits per heavy atom. The summed E-state index contributed by atoms with van der Waals surface area (Å²) in [6.07, 6.45) is 5.28. The van der Waals surface area contributed by atoms with Gasteiger partial charge in [0, 0.05) is 6.42 Å². The van der Waals surface area contributed by atoms with Gasteiger partial charge in [-0.3, -0.25) is 0 Å². The molecule has 0 aliphatic heterocycles. The molecule has 0 atom stereocenters. The third kappa shape index (κ3) is 5.02. The van der Waals surface area contributed by atoms with Crippen LogP contribution in [0.25, 0.3) is 0 Å². The fraction of sp³-hybridized carbons (Fsp3) is 0.727. The average Bonchev–Trinajstić information content (AvgIpc) is 2.63. The highest BCUT2D eigenvalue weighted by Gasteiger charge is 2.00. The van der Waals surface area contributed by atoms with Crippen molar-refractivity contribution in [2.24, 2.45) is 7.05 Å². The minimum Gasteiger partial charge on any atom is -0.316 e. The molecule has 0 bridgehead atoms. The molecule has 0 saturated heterocycles. The summed E-state index contributed by atoms with van der Waals surface area (Å²) in [6.45, 7) is 6.42. The third-order valence-electron chi connectivity index (χ3n) is 2.23. The molecule has 0 aromatic carbocycles. The van der Waals surface area contributed by atoms with Crippen LogP contribution < -0.4 is 5.32 Å². The van der Waals surface area contributed by atoms with E-state index in [2.05, 4.69) is 40.7 Å². The molecule has 16 heavy (non-hydrogen) atoms. The first kappa shape index (κ1) is 12.8. The van der Waals surface area contributed by atoms with Crippen molar-refractivity contribution in [2.45, 2.75) is 33.1 Å². The molecule has 1 heterocycles. The van der Waals surface area contributed by atoms with Crippen molar-refractivity contribution in [2.75, 3.05) is 13.1 Å². The summed E-state index contributed by atoms with van der Waals surface area (Å²) in [6, 6.07) is 0. The molecule has 0 radical (unpaired) electrons. The highest BCUT2D eigenvalue weighted by atomic mass is 15.6. The maximum Gasteiger partial charge on any atom is 0.178 e. The van der Waals surface area contributed by atoms with Gasteiger partial charge in [-0.1, -0.05) is 18.6 Å². The summed E-state index contributed by atoms with van der Waals surface area (Å²) in [4.78, 5) is 1.49. The molecule has 0 aliphatic carbocycles. The second-order valence-electron chi connectivity index (χ2n) is 3.96. The van der Waals surface area contributed by atoms with Crippen molar-refractivity contribution in [1.29, 1.82) is 0 Å². The van der Waals surface area contributed by atoms with Crippen molar-refractivity contribution in [3.05, 3.63) is 17.5 Å². The largest absolute Gasteiger partial charge is 0.316 e. The Hall–Kier alpha value is -1.23. The van der Waals surface area contributed by atoms with Gasteiger partial charge >= 0.3 is 0 Å². The molecule has 0 saturated carbocycles. The maximum absolute atomic E-state index is 4.15. The molecule has 0 aliphatic rings. The molecule has 1 N–H and O–H groups in total. The Morgan fingerprint density at radius 3 is 2.88 bits per heavy atom. The normalized spacial score (nSPS) is 12.1. The average molecular weight is 223 g/mol. The lowest BCUT2D eigenvalue weighted by Gasteiger charge is -2.00. The standard InChI is InChI=1S/C11H21N5/c1-4-7-12-8-5-6-10(2)9-11-13-15-16(3)14-11/h6,12H,4-5,7-9H2,1-3H3/b10-6-. The quantitative estimate of drug-likeness (QED) is 0.555. The van der Waals surface area contributed by atoms with E-state index in [-0.39, 0.29) is 0 Å². The molecule has 5 heteroatoms. The van der Waals surface area contributed by atoms with E-state index in [9.17, 15) is 0 Å². The van der Waals surface area contributed by atoms with Crippen LogP contribution in [0.3, 0.4) is 0 Å². The number of aromatic nitrogens is 4. The number of nitrogens with zero attached hydrogens (tertiary/aromatic N) is 4. The van der Waals surface area contributed by atoms with Crippen LogP contribution in [0.5, 0.6) is 0 Å². The van der Waals surface area contributed by atoms with Crippen LogP contribution in [0.15, 0.2) is 11.6 Å². The number of allylic oxidation sites excluding steroid dienone is 1. The molecule has 0 spiro atoms. The molecule has 90 valence electrons. The van der Waals surface area contributed by atoms with Crippen LogP contribution >= 0.6 is 0 Å². The summed E-state index contributed by atoms with van der Waals surface area (Å²) < 4.78 is 0. The van der Waals surface area contributed by atoms with Gasteiger partial charge in [0.05, 0.1) is 7.05 Å². The number of rotatable bonds is 7. The van der Waals surface area contributed by atoms with E-state index in [0.29, 0.717) is 0 Å². The Labute approximate surface area is 96.9 Å². The van der Waals surface area contributed by atoms with Crippen molar-refractivity contribution in [1.82, 2.24) is 25.5 Å². The molecule has 0 unspecified atom stereocenters. The van der Waals surface area contributed by atoms with Crippen molar-refractivity contribution in [3.63, 3.8) is 0 Å². The van der Waals surface area contributed by atoms with E-state index in [1.54, 1.807) is 7.05 Å². The number of hydrogen-bond donors (Lipinski definition) is 1. The third-order valence-corrected chi connectivity index (χ3v) is 2.23. The molecule has 1 aromatic rings. The Kier molecular flexibility index (Phi) is 5.71. The van der Waals surface area contributed by atoms with Gasteiger partial charge in [0.25, 0.3) is 0 Å². The summed E-state index contributed by atoms with van der Waals surface area (Å²) >= 11 is 0. The van der Waals surface area contributed by atoms with Gasteiger partial charge in [-0.05, 0) is 38.1 Å². The predicted octanol–water partition coefficient (Wildman–Crippen LogP) is 1.09. The van der Waals surface area contributed by atoms with Crippen LogP contribution in [0, 0.1) is 0 Å². The molecule has 0 amide bonds. The lowest BCUT2D eigenvalue weighted by Crippen LogP contribution is -2.15. The highest BCUT2D eigenvalue weighted by molar-refractivity contribution is 5.05. The van der Waals surface area contributed by atoms with Gasteiger partial charge in [-0.15, -0.1) is 10.2 Å². The first-order valence-corrected chi connectivity index (χ1v) is 5.81. The zero-order valence-corrected chi connectivity index (χ0v) is 10.4. The molecular weight excluding hydrogens is 202 g/mol. The lowest BCUT2D eigenvalue weighted by molar-refractivity contribution is 0.628. The Balaban J connectivity index is 2.23. The Bertz CT molecular complexity index is 329. The zero-order chi connectivity index (χ0) is 11.8. The van der Waals surface area contributed by atoms with E-state index in [0.717, 1.165) is 31.8 Å². The fourth-order valence-corrected chi connectivity index (χ4v) is 1.44. The van der Waals surface area contributed by atoms with Crippen molar-refractivity contribution < 1.29 is 0 Å². The van der Waals surface area contributed by atoms with Crippen LogP contribution in [-0.4, -0.2) is 33.3 Å². The smallest absolute Gasteiger partial charge is 0.178 e. The highest BCUT2D eigenvalue weighted by Crippen LogP contribution is 2.02. The van der Waals surface area contributed by atoms with Gasteiger partial charge in [0.1, 0.15) is 0 Å². The molecule has 0 fully saturated rings. The predicted molar refractivity (Wildman–Crippen MR) is 64.0 cm³/mol. The summed E-state index contributed by atoms with van der Waals surface area (Å²) in [5.74, 6) is 0.790. The minimum absolute atomic E-state index is 0.790. The van der Waals surface area contributed by atoms with E-state index in [4.69, 9.17) is 0 Å². The molecule has 1 aromatic heterocycles. The maximum atomic E-state index is 4.15. The summed E-state index contributed by atoms with van der Waals surface area (Å²) in [5.41, 5.74) is 1.30. The number of nitrogens with one attached hydrogen (secondary N) is 1. The van der Waals surface area contributed by atoms with E-state index in [1.165, 1.54) is 16.8 Å². The molecule has 5 nitrogen and oxygen atoms in total. The first-order chi connectivity index (χ1) is 7.72. The molecular formula is C11H21N5. The number of hydrogen-bond acceptors (Lipinski definition) is 4. The van der Waals surface area contributed by atoms with Gasteiger partial charge in [-0.2, -0.15) is 4.80 Å². The van der Waals surface area contributed by atoms with Gasteiger partial charge in [0.2, 0.25) is 0 Å². The van der Waals surface area contributed by atoms with Crippen molar-refractivity contribution in [3.8, 4) is 0 Å². The minimum atomic E-state index is 0.790. The second kappa shape index (κ2) is 7.11. The SMILES string of the molecule is CCCNCC/C=C(/C)Cc1nnn(C)n1. The monoisotopic (exact) mass is 223 g/mol. The van der Waals surface area contributed by atoms with Gasteiger partial charge in [0.15, 0.2) is 5.82 Å². The van der Waals surface area contributed by atoms with E-state index < -0.39 is 0 Å². The summed E-state index contributed by atoms with van der Waals surface area (Å²) in [5, 5.41) is 15.3. The summed E-state index contributed by atoms with van der Waals surface area (Å²) in [7, 11) is 1.78. The number of tetrazole rings is 1. The van der Waals surface area contributed by atoms with E-state index in [1.807, 2.05) is 0 Å². The van der Waals surface area contributed by atoms with Crippen LogP contribution in [-0.2, 0) is 13.5 Å². The molecule has 1 rings (SSSR count). The van der Waals surface area contributed by atoms with Gasteiger partial charge in [-0.25, -0.2) is 0 Å². The van der Waals surface area contributed by atoms with Crippen LogP contribution in [0.1, 0.15) is 32.5 Å². The van der Waals surface area contributed by atoms with Crippen LogP contribution in [0.2, 0.25) is 0 Å². The Morgan fingerprint density at radius 1 is 1.44 bits per heavy atom. The second-order valence-corrected chi connectivity index (χ2v) is 3.96. The topological polar surface area (TPSA) is 55.6 Å². The van der Waals surface area contributed by atoms with E-state index >= 15 is 0 Å². The van der Waals surface area contributed by atoms with Crippen molar-refractivity contribution >= 4 is 0 Å². The number of aryl methyl sites for hydroxylation is 1.